The van der Waals surface area contributed by atoms with Crippen molar-refractivity contribution in [3.05, 3.63) is 27.7 Å². The van der Waals surface area contributed by atoms with E-state index < -0.39 is 5.97 Å². The van der Waals surface area contributed by atoms with Gasteiger partial charge in [-0.25, -0.2) is 4.79 Å². The molecule has 1 rings (SSSR count). The van der Waals surface area contributed by atoms with E-state index in [4.69, 9.17) is 14.7 Å². The van der Waals surface area contributed by atoms with Crippen molar-refractivity contribution in [1.29, 1.82) is 5.26 Å². The summed E-state index contributed by atoms with van der Waals surface area (Å²) in [7, 11) is 0. The summed E-state index contributed by atoms with van der Waals surface area (Å²) in [6.07, 6.45) is 1.38. The average Bonchev–Trinajstić information content (AvgIpc) is 2.41. The molecule has 0 unspecified atom stereocenters. The summed E-state index contributed by atoms with van der Waals surface area (Å²) in [6.45, 7) is 4.03. The zero-order chi connectivity index (χ0) is 15.1. The van der Waals surface area contributed by atoms with Gasteiger partial charge in [0.15, 0.2) is 11.5 Å². The first-order valence-corrected chi connectivity index (χ1v) is 6.77. The number of benzene rings is 1. The number of phenols is 1. The van der Waals surface area contributed by atoms with E-state index in [0.29, 0.717) is 16.6 Å². The van der Waals surface area contributed by atoms with Crippen LogP contribution in [0.25, 0.3) is 6.08 Å². The molecule has 106 valence electrons. The largest absolute Gasteiger partial charge is 0.504 e. The molecule has 0 bridgehead atoms. The van der Waals surface area contributed by atoms with Gasteiger partial charge in [-0.3, -0.25) is 0 Å². The zero-order valence-corrected chi connectivity index (χ0v) is 12.7. The number of aromatic hydroxyl groups is 1. The van der Waals surface area contributed by atoms with E-state index in [9.17, 15) is 9.90 Å². The highest BCUT2D eigenvalue weighted by Gasteiger charge is 2.13. The molecular weight excluding hydrogens is 326 g/mol. The van der Waals surface area contributed by atoms with Crippen LogP contribution < -0.4 is 4.74 Å². The Bertz CT molecular complexity index is 575. The summed E-state index contributed by atoms with van der Waals surface area (Å²) >= 11 is 3.26. The van der Waals surface area contributed by atoms with Crippen LogP contribution in [0.2, 0.25) is 0 Å². The van der Waals surface area contributed by atoms with E-state index in [1.54, 1.807) is 26.0 Å². The van der Waals surface area contributed by atoms with Crippen molar-refractivity contribution in [3.8, 4) is 17.6 Å². The maximum absolute atomic E-state index is 11.6. The molecule has 0 heterocycles. The van der Waals surface area contributed by atoms with Crippen LogP contribution in [0, 0.1) is 11.3 Å². The van der Waals surface area contributed by atoms with Crippen molar-refractivity contribution in [1.82, 2.24) is 0 Å². The van der Waals surface area contributed by atoms with Crippen molar-refractivity contribution in [2.24, 2.45) is 0 Å². The van der Waals surface area contributed by atoms with Gasteiger partial charge in [0, 0.05) is 4.47 Å². The Labute approximate surface area is 125 Å². The van der Waals surface area contributed by atoms with Crippen molar-refractivity contribution >= 4 is 28.0 Å². The summed E-state index contributed by atoms with van der Waals surface area (Å²) in [6, 6.07) is 4.77. The van der Waals surface area contributed by atoms with Crippen molar-refractivity contribution in [3.63, 3.8) is 0 Å². The van der Waals surface area contributed by atoms with Crippen LogP contribution in [-0.2, 0) is 9.53 Å². The molecule has 0 fully saturated rings. The van der Waals surface area contributed by atoms with Gasteiger partial charge in [0.1, 0.15) is 11.6 Å². The molecule has 0 saturated carbocycles. The maximum atomic E-state index is 11.6. The Hall–Kier alpha value is -2.00. The van der Waals surface area contributed by atoms with E-state index in [-0.39, 0.29) is 23.7 Å². The minimum atomic E-state index is -0.687. The van der Waals surface area contributed by atoms with Gasteiger partial charge < -0.3 is 14.6 Å². The summed E-state index contributed by atoms with van der Waals surface area (Å²) in [5.41, 5.74) is 0.413. The smallest absolute Gasteiger partial charge is 0.348 e. The van der Waals surface area contributed by atoms with Crippen LogP contribution in [0.1, 0.15) is 19.4 Å². The first-order valence-electron chi connectivity index (χ1n) is 5.97. The molecular formula is C14H14BrNO4. The summed E-state index contributed by atoms with van der Waals surface area (Å²) in [5, 5.41) is 18.7. The monoisotopic (exact) mass is 339 g/mol. The van der Waals surface area contributed by atoms with E-state index in [1.165, 1.54) is 12.1 Å². The molecule has 0 aliphatic rings. The number of nitriles is 1. The molecule has 0 atom stereocenters. The van der Waals surface area contributed by atoms with Gasteiger partial charge in [0.25, 0.3) is 0 Å². The lowest BCUT2D eigenvalue weighted by atomic mass is 10.1. The topological polar surface area (TPSA) is 79.6 Å². The van der Waals surface area contributed by atoms with Crippen LogP contribution in [0.5, 0.6) is 11.5 Å². The minimum absolute atomic E-state index is 0.0227. The van der Waals surface area contributed by atoms with Crippen LogP contribution >= 0.6 is 15.9 Å². The third kappa shape index (κ3) is 4.00. The number of hydrogen-bond donors (Lipinski definition) is 1. The van der Waals surface area contributed by atoms with Gasteiger partial charge in [0.05, 0.1) is 13.2 Å². The summed E-state index contributed by atoms with van der Waals surface area (Å²) in [4.78, 5) is 11.6. The second-order valence-corrected chi connectivity index (χ2v) is 4.52. The van der Waals surface area contributed by atoms with Crippen molar-refractivity contribution in [2.45, 2.75) is 13.8 Å². The number of carbonyl (C=O) groups excluding carboxylic acids is 1. The molecule has 0 spiro atoms. The van der Waals surface area contributed by atoms with Gasteiger partial charge >= 0.3 is 5.97 Å². The SMILES string of the molecule is CCOC(=O)C(C#N)=Cc1cc(OCC)c(O)cc1Br. The van der Waals surface area contributed by atoms with Gasteiger partial charge in [0.2, 0.25) is 0 Å². The molecule has 1 aromatic rings. The Morgan fingerprint density at radius 3 is 2.70 bits per heavy atom. The summed E-state index contributed by atoms with van der Waals surface area (Å²) < 4.78 is 10.6. The highest BCUT2D eigenvalue weighted by Crippen LogP contribution is 2.33. The number of halogens is 1. The van der Waals surface area contributed by atoms with Gasteiger partial charge in [-0.1, -0.05) is 15.9 Å². The molecule has 0 aliphatic carbocycles. The van der Waals surface area contributed by atoms with E-state index in [2.05, 4.69) is 15.9 Å². The quantitative estimate of drug-likeness (QED) is 0.506. The highest BCUT2D eigenvalue weighted by molar-refractivity contribution is 9.10. The van der Waals surface area contributed by atoms with Gasteiger partial charge in [-0.05, 0) is 37.6 Å². The minimum Gasteiger partial charge on any atom is -0.504 e. The number of nitrogens with zero attached hydrogens (tertiary/aromatic N) is 1. The summed E-state index contributed by atoms with van der Waals surface area (Å²) in [5.74, 6) is -0.429. The maximum Gasteiger partial charge on any atom is 0.348 e. The number of ether oxygens (including phenoxy) is 2. The zero-order valence-electron chi connectivity index (χ0n) is 11.1. The van der Waals surface area contributed by atoms with Crippen LogP contribution in [0.4, 0.5) is 0 Å². The number of phenolic OH excluding ortho intramolecular Hbond substituents is 1. The first-order chi connectivity index (χ1) is 9.53. The second kappa shape index (κ2) is 7.56. The van der Waals surface area contributed by atoms with Crippen LogP contribution in [-0.4, -0.2) is 24.3 Å². The lowest BCUT2D eigenvalue weighted by Crippen LogP contribution is -2.06. The molecule has 0 aliphatic heterocycles. The molecule has 0 amide bonds. The standard InChI is InChI=1S/C14H14BrNO4/c1-3-19-13-6-9(11(15)7-12(13)17)5-10(8-16)14(18)20-4-2/h5-7,17H,3-4H2,1-2H3. The predicted molar refractivity (Wildman–Crippen MR) is 77.2 cm³/mol. The fourth-order valence-electron chi connectivity index (χ4n) is 1.44. The predicted octanol–water partition coefficient (Wildman–Crippen LogP) is 3.02. The highest BCUT2D eigenvalue weighted by atomic mass is 79.9. The van der Waals surface area contributed by atoms with Gasteiger partial charge in [-0.2, -0.15) is 5.26 Å². The van der Waals surface area contributed by atoms with Crippen LogP contribution in [0.15, 0.2) is 22.2 Å². The first kappa shape index (κ1) is 16.1. The molecule has 20 heavy (non-hydrogen) atoms. The molecule has 0 saturated heterocycles. The Balaban J connectivity index is 3.21. The third-order valence-electron chi connectivity index (χ3n) is 2.29. The fourth-order valence-corrected chi connectivity index (χ4v) is 1.89. The lowest BCUT2D eigenvalue weighted by molar-refractivity contribution is -0.137. The van der Waals surface area contributed by atoms with E-state index in [0.717, 1.165) is 0 Å². The average molecular weight is 340 g/mol. The van der Waals surface area contributed by atoms with Crippen molar-refractivity contribution < 1.29 is 19.4 Å². The molecule has 6 heteroatoms. The van der Waals surface area contributed by atoms with Gasteiger partial charge in [-0.15, -0.1) is 0 Å². The lowest BCUT2D eigenvalue weighted by Gasteiger charge is -2.08. The van der Waals surface area contributed by atoms with Crippen molar-refractivity contribution in [2.75, 3.05) is 13.2 Å². The molecule has 1 aromatic carbocycles. The third-order valence-corrected chi connectivity index (χ3v) is 2.98. The molecule has 0 radical (unpaired) electrons. The Morgan fingerprint density at radius 2 is 2.15 bits per heavy atom. The Morgan fingerprint density at radius 1 is 1.45 bits per heavy atom. The van der Waals surface area contributed by atoms with E-state index in [1.807, 2.05) is 0 Å². The normalized spacial score (nSPS) is 10.8. The molecule has 0 aromatic heterocycles. The number of rotatable bonds is 5. The second-order valence-electron chi connectivity index (χ2n) is 3.66. The fraction of sp³-hybridized carbons (Fsp3) is 0.286. The Kier molecular flexibility index (Phi) is 6.07. The number of esters is 1. The number of hydrogen-bond acceptors (Lipinski definition) is 5. The van der Waals surface area contributed by atoms with Crippen LogP contribution in [0.3, 0.4) is 0 Å². The molecule has 5 nitrogen and oxygen atoms in total. The number of carbonyl (C=O) groups is 1. The van der Waals surface area contributed by atoms with E-state index >= 15 is 0 Å². The molecule has 1 N–H and O–H groups in total.